The quantitative estimate of drug-likeness (QED) is 0.0473. The van der Waals surface area contributed by atoms with Crippen molar-refractivity contribution in [2.24, 2.45) is 9.98 Å². The Morgan fingerprint density at radius 2 is 1.80 bits per heavy atom. The normalized spacial score (nSPS) is 27.8. The summed E-state index contributed by atoms with van der Waals surface area (Å²) >= 11 is 0. The van der Waals surface area contributed by atoms with E-state index in [1.165, 1.54) is 0 Å². The number of phosphoric ester groups is 1. The van der Waals surface area contributed by atoms with Gasteiger partial charge in [0.15, 0.2) is 18.4 Å². The third kappa shape index (κ3) is 11.2. The minimum absolute atomic E-state index is 0.0771. The number of carbonyl (C=O) groups is 3. The molecule has 4 rings (SSSR count). The van der Waals surface area contributed by atoms with Gasteiger partial charge in [0.05, 0.1) is 31.1 Å². The first-order valence-corrected chi connectivity index (χ1v) is 18.1. The number of aliphatic hydroxyl groups excluding tert-OH is 5. The summed E-state index contributed by atoms with van der Waals surface area (Å²) in [4.78, 5) is 52.5. The summed E-state index contributed by atoms with van der Waals surface area (Å²) in [6, 6.07) is 5.88. The first-order valence-electron chi connectivity index (χ1n) is 16.6. The van der Waals surface area contributed by atoms with E-state index >= 15 is 0 Å². The van der Waals surface area contributed by atoms with Gasteiger partial charge in [0.1, 0.15) is 36.4 Å². The average molecular weight is 789 g/mol. The smallest absolute Gasteiger partial charge is 0.473 e. The van der Waals surface area contributed by atoms with E-state index in [2.05, 4.69) is 47.0 Å². The Morgan fingerprint density at radius 1 is 1.11 bits per heavy atom. The van der Waals surface area contributed by atoms with Gasteiger partial charge in [-0.1, -0.05) is 12.1 Å². The predicted octanol–water partition coefficient (Wildman–Crippen LogP) is -2.67. The van der Waals surface area contributed by atoms with Crippen molar-refractivity contribution in [3.63, 3.8) is 0 Å². The number of nitrogens with zero attached hydrogens (tertiary/aromatic N) is 2. The van der Waals surface area contributed by atoms with Gasteiger partial charge in [0, 0.05) is 24.2 Å². The Balaban J connectivity index is 1.22. The molecular weight excluding hydrogens is 743 g/mol. The Kier molecular flexibility index (Phi) is 14.6. The highest BCUT2D eigenvalue weighted by Crippen LogP contribution is 2.46. The molecule has 1 amide bonds. The van der Waals surface area contributed by atoms with Crippen LogP contribution in [0.25, 0.3) is 0 Å². The minimum Gasteiger partial charge on any atom is -0.481 e. The van der Waals surface area contributed by atoms with Gasteiger partial charge in [-0.25, -0.2) is 14.4 Å². The molecule has 0 aromatic heterocycles. The first-order chi connectivity index (χ1) is 25.4. The second kappa shape index (κ2) is 18.5. The molecule has 22 nitrogen and oxygen atoms in total. The lowest BCUT2D eigenvalue weighted by Gasteiger charge is -2.36. The SMILES string of the molecule is C=NC1N=C2NC(C)=C([C@@H](C)Nc3ccc(C[C@H](O)[C@H](O)[C@H](O)CO[C@H]4O[C@H](COP(=O)(O)O[C@@H](CCC(=O)O)C(=O)O)[C@@H](O)[C@H]4O)cc3)NC2C(=O)N1. The highest BCUT2D eigenvalue weighted by Gasteiger charge is 2.45. The number of aliphatic carboxylic acids is 2. The molecule has 12 N–H and O–H groups in total. The lowest BCUT2D eigenvalue weighted by atomic mass is 10.00. The molecule has 3 unspecified atom stereocenters. The first kappa shape index (κ1) is 42.7. The number of allylic oxidation sites excluding steroid dienone is 1. The number of benzene rings is 1. The fourth-order valence-corrected chi connectivity index (χ4v) is 6.58. The predicted molar refractivity (Wildman–Crippen MR) is 185 cm³/mol. The van der Waals surface area contributed by atoms with Crippen LogP contribution in [0.5, 0.6) is 0 Å². The Labute approximate surface area is 308 Å². The van der Waals surface area contributed by atoms with Crippen LogP contribution < -0.4 is 21.3 Å². The van der Waals surface area contributed by atoms with Crippen molar-refractivity contribution in [1.82, 2.24) is 16.0 Å². The number of nitrogens with one attached hydrogen (secondary N) is 4. The molecule has 3 aliphatic rings. The maximum atomic E-state index is 12.5. The molecule has 54 heavy (non-hydrogen) atoms. The second-order valence-electron chi connectivity index (χ2n) is 12.7. The van der Waals surface area contributed by atoms with Gasteiger partial charge in [-0.15, -0.1) is 0 Å². The number of rotatable bonds is 20. The lowest BCUT2D eigenvalue weighted by molar-refractivity contribution is -0.192. The largest absolute Gasteiger partial charge is 0.481 e. The van der Waals surface area contributed by atoms with Crippen molar-refractivity contribution in [1.29, 1.82) is 0 Å². The maximum Gasteiger partial charge on any atom is 0.473 e. The maximum absolute atomic E-state index is 12.5. The molecule has 1 saturated heterocycles. The number of amides is 1. The zero-order valence-electron chi connectivity index (χ0n) is 29.1. The number of aliphatic hydroxyl groups is 5. The fourth-order valence-electron chi connectivity index (χ4n) is 5.67. The fraction of sp³-hybridized carbons (Fsp3) is 0.581. The molecule has 1 aromatic carbocycles. The van der Waals surface area contributed by atoms with E-state index in [-0.39, 0.29) is 18.4 Å². The van der Waals surface area contributed by atoms with Crippen molar-refractivity contribution >= 4 is 43.9 Å². The Hall–Kier alpha value is -4.06. The number of phosphoric acid groups is 1. The van der Waals surface area contributed by atoms with E-state index < -0.39 is 107 Å². The van der Waals surface area contributed by atoms with Crippen molar-refractivity contribution in [2.45, 2.75) is 101 Å². The topological polar surface area (TPSA) is 340 Å². The molecule has 1 aromatic rings. The molecule has 3 heterocycles. The van der Waals surface area contributed by atoms with Gasteiger partial charge in [0.2, 0.25) is 6.29 Å². The number of hydrogen-bond acceptors (Lipinski definition) is 18. The summed E-state index contributed by atoms with van der Waals surface area (Å²) < 4.78 is 32.0. The van der Waals surface area contributed by atoms with Crippen LogP contribution in [0, 0.1) is 0 Å². The third-order valence-electron chi connectivity index (χ3n) is 8.57. The van der Waals surface area contributed by atoms with E-state index in [1.807, 2.05) is 13.8 Å². The number of ether oxygens (including phenoxy) is 2. The van der Waals surface area contributed by atoms with Crippen LogP contribution in [-0.2, 0) is 43.9 Å². The van der Waals surface area contributed by atoms with E-state index in [0.29, 0.717) is 17.1 Å². The minimum atomic E-state index is -5.11. The van der Waals surface area contributed by atoms with Gasteiger partial charge in [0.25, 0.3) is 5.91 Å². The molecule has 0 aliphatic carbocycles. The number of anilines is 1. The summed E-state index contributed by atoms with van der Waals surface area (Å²) in [6.45, 7) is 5.55. The van der Waals surface area contributed by atoms with Crippen LogP contribution in [0.3, 0.4) is 0 Å². The van der Waals surface area contributed by atoms with Gasteiger partial charge in [-0.3, -0.25) is 23.6 Å². The molecule has 3 aliphatic heterocycles. The highest BCUT2D eigenvalue weighted by molar-refractivity contribution is 7.47. The number of fused-ring (bicyclic) bond motifs is 1. The van der Waals surface area contributed by atoms with Crippen LogP contribution in [0.15, 0.2) is 45.6 Å². The standard InChI is InChI=1S/C31H45N6O16P/c1-13(22-14(2)34-27-23(35-22)28(45)37-31(32-3)36-27)33-16-6-4-15(5-7-16)10-17(38)24(42)18(39)11-50-30-26(44)25(43)20(52-30)12-51-54(48,49)53-19(29(46)47)8-9-21(40)41/h4-7,13,17-20,23-26,30-31,33,35,38-39,42-44H,3,8-12H2,1-2H3,(H,34,36)(H,37,45)(H,40,41)(H,46,47)(H,48,49)/t13-,17+,18-,19+,20-,23?,24+,25-,26-,30+,31?/m1/s1. The van der Waals surface area contributed by atoms with Crippen LogP contribution in [0.1, 0.15) is 32.3 Å². The summed E-state index contributed by atoms with van der Waals surface area (Å²) in [5.41, 5.74) is 2.79. The summed E-state index contributed by atoms with van der Waals surface area (Å²) in [5.74, 6) is -2.96. The van der Waals surface area contributed by atoms with Crippen LogP contribution >= 0.6 is 7.82 Å². The van der Waals surface area contributed by atoms with Crippen molar-refractivity contribution in [3.8, 4) is 0 Å². The number of carboxylic acids is 2. The van der Waals surface area contributed by atoms with Crippen molar-refractivity contribution < 1.29 is 78.1 Å². The molecule has 0 saturated carbocycles. The number of hydrogen-bond donors (Lipinski definition) is 12. The van der Waals surface area contributed by atoms with E-state index in [9.17, 15) is 49.4 Å². The van der Waals surface area contributed by atoms with Crippen LogP contribution in [0.2, 0.25) is 0 Å². The average Bonchev–Trinajstić information content (AvgIpc) is 3.39. The molecule has 12 atom stereocenters. The number of amidine groups is 1. The summed E-state index contributed by atoms with van der Waals surface area (Å²) in [7, 11) is -5.11. The number of carboxylic acid groups (broad SMARTS) is 2. The second-order valence-corrected chi connectivity index (χ2v) is 14.1. The van der Waals surface area contributed by atoms with Gasteiger partial charge >= 0.3 is 19.8 Å². The van der Waals surface area contributed by atoms with Crippen LogP contribution in [-0.4, -0.2) is 152 Å². The zero-order chi connectivity index (χ0) is 39.9. The number of carbonyl (C=O) groups excluding carboxylic acids is 1. The molecule has 0 radical (unpaired) electrons. The summed E-state index contributed by atoms with van der Waals surface area (Å²) in [5, 5.41) is 82.4. The van der Waals surface area contributed by atoms with Crippen molar-refractivity contribution in [2.75, 3.05) is 18.5 Å². The third-order valence-corrected chi connectivity index (χ3v) is 9.57. The molecule has 0 spiro atoms. The monoisotopic (exact) mass is 788 g/mol. The van der Waals surface area contributed by atoms with E-state index in [1.54, 1.807) is 24.3 Å². The Bertz CT molecular complexity index is 1630. The van der Waals surface area contributed by atoms with Crippen molar-refractivity contribution in [3.05, 3.63) is 41.2 Å². The summed E-state index contributed by atoms with van der Waals surface area (Å²) in [6.07, 6.45) is -15.7. The molecule has 0 bridgehead atoms. The molecular formula is C31H45N6O16P. The molecule has 1 fully saturated rings. The highest BCUT2D eigenvalue weighted by atomic mass is 31.2. The zero-order valence-corrected chi connectivity index (χ0v) is 30.0. The number of aliphatic imine (C=N–C) groups is 2. The lowest BCUT2D eigenvalue weighted by Crippen LogP contribution is -2.62. The van der Waals surface area contributed by atoms with E-state index in [4.69, 9.17) is 19.7 Å². The molecule has 300 valence electrons. The van der Waals surface area contributed by atoms with Gasteiger partial charge in [-0.05, 0) is 44.7 Å². The molecule has 23 heteroatoms. The van der Waals surface area contributed by atoms with E-state index in [0.717, 1.165) is 11.4 Å². The Morgan fingerprint density at radius 3 is 2.43 bits per heavy atom. The van der Waals surface area contributed by atoms with Crippen LogP contribution in [0.4, 0.5) is 5.69 Å². The van der Waals surface area contributed by atoms with Gasteiger partial charge in [-0.2, -0.15) is 0 Å². The van der Waals surface area contributed by atoms with Gasteiger partial charge < -0.3 is 71.4 Å².